The van der Waals surface area contributed by atoms with Crippen molar-refractivity contribution in [2.75, 3.05) is 19.5 Å². The highest BCUT2D eigenvalue weighted by Crippen LogP contribution is 2.33. The lowest BCUT2D eigenvalue weighted by molar-refractivity contribution is -0.143. The van der Waals surface area contributed by atoms with E-state index in [1.807, 2.05) is 0 Å². The maximum Gasteiger partial charge on any atom is 0.343 e. The average molecular weight is 360 g/mol. The van der Waals surface area contributed by atoms with Crippen LogP contribution in [0.1, 0.15) is 37.9 Å². The van der Waals surface area contributed by atoms with Gasteiger partial charge in [0.15, 0.2) is 11.8 Å². The van der Waals surface area contributed by atoms with Gasteiger partial charge in [0.2, 0.25) is 5.88 Å². The number of methoxy groups -OCH3 is 1. The Morgan fingerprint density at radius 2 is 2.16 bits per heavy atom. The predicted octanol–water partition coefficient (Wildman–Crippen LogP) is 3.52. The molecule has 6 heteroatoms. The Bertz CT molecular complexity index is 726. The Morgan fingerprint density at radius 1 is 1.32 bits per heavy atom. The minimum Gasteiger partial charge on any atom is -0.466 e. The number of aryl methyl sites for hydroxylation is 1. The standard InChI is InChI=1S/C19H24N2O3S/c1-19(2)9-7-13(8-10-19)12-25-18-20-15-6-4-5-14(15)17(21-18)24-11-16(22)23-3/h7-9H,4-6,10-12H2,1-3H3. The van der Waals surface area contributed by atoms with Crippen LogP contribution in [0.2, 0.25) is 0 Å². The molecule has 0 unspecified atom stereocenters. The van der Waals surface area contributed by atoms with Crippen molar-refractivity contribution in [1.82, 2.24) is 9.97 Å². The third kappa shape index (κ3) is 4.63. The first-order valence-electron chi connectivity index (χ1n) is 8.57. The van der Waals surface area contributed by atoms with Gasteiger partial charge in [0, 0.05) is 11.3 Å². The molecule has 0 amide bonds. The zero-order chi connectivity index (χ0) is 17.9. The highest BCUT2D eigenvalue weighted by atomic mass is 32.2. The summed E-state index contributed by atoms with van der Waals surface area (Å²) in [6.45, 7) is 4.35. The van der Waals surface area contributed by atoms with Gasteiger partial charge in [0.05, 0.1) is 12.8 Å². The van der Waals surface area contributed by atoms with E-state index in [0.29, 0.717) is 11.0 Å². The van der Waals surface area contributed by atoms with E-state index in [2.05, 4.69) is 46.8 Å². The van der Waals surface area contributed by atoms with Crippen LogP contribution in [0.15, 0.2) is 29.0 Å². The van der Waals surface area contributed by atoms with Crippen LogP contribution in [0.25, 0.3) is 0 Å². The molecule has 3 rings (SSSR count). The minimum absolute atomic E-state index is 0.118. The number of carbonyl (C=O) groups is 1. The van der Waals surface area contributed by atoms with Crippen LogP contribution in [-0.4, -0.2) is 35.4 Å². The molecule has 5 nitrogen and oxygen atoms in total. The van der Waals surface area contributed by atoms with Crippen molar-refractivity contribution in [3.05, 3.63) is 35.1 Å². The van der Waals surface area contributed by atoms with Gasteiger partial charge in [-0.15, -0.1) is 0 Å². The zero-order valence-electron chi connectivity index (χ0n) is 15.0. The summed E-state index contributed by atoms with van der Waals surface area (Å²) in [6, 6.07) is 0. The van der Waals surface area contributed by atoms with Crippen LogP contribution in [0.3, 0.4) is 0 Å². The van der Waals surface area contributed by atoms with Gasteiger partial charge < -0.3 is 9.47 Å². The number of ether oxygens (including phenoxy) is 2. The number of rotatable bonds is 6. The van der Waals surface area contributed by atoms with Crippen molar-refractivity contribution in [2.24, 2.45) is 5.41 Å². The molecule has 134 valence electrons. The van der Waals surface area contributed by atoms with Gasteiger partial charge in [-0.2, -0.15) is 4.98 Å². The Labute approximate surface area is 152 Å². The summed E-state index contributed by atoms with van der Waals surface area (Å²) >= 11 is 1.61. The monoisotopic (exact) mass is 360 g/mol. The summed E-state index contributed by atoms with van der Waals surface area (Å²) < 4.78 is 10.2. The number of carbonyl (C=O) groups excluding carboxylic acids is 1. The first-order chi connectivity index (χ1) is 12.0. The molecule has 0 saturated carbocycles. The quantitative estimate of drug-likeness (QED) is 0.439. The van der Waals surface area contributed by atoms with Gasteiger partial charge in [-0.3, -0.25) is 0 Å². The van der Waals surface area contributed by atoms with E-state index < -0.39 is 5.97 Å². The second-order valence-corrected chi connectivity index (χ2v) is 7.99. The van der Waals surface area contributed by atoms with Crippen molar-refractivity contribution >= 4 is 17.7 Å². The van der Waals surface area contributed by atoms with Gasteiger partial charge in [-0.1, -0.05) is 43.8 Å². The SMILES string of the molecule is COC(=O)COc1nc(SCC2=CCC(C)(C)C=C2)nc2c1CCC2. The van der Waals surface area contributed by atoms with E-state index in [0.717, 1.165) is 42.7 Å². The molecule has 0 spiro atoms. The van der Waals surface area contributed by atoms with E-state index in [1.165, 1.54) is 12.7 Å². The Kier molecular flexibility index (Phi) is 5.47. The van der Waals surface area contributed by atoms with Crippen molar-refractivity contribution in [2.45, 2.75) is 44.7 Å². The van der Waals surface area contributed by atoms with E-state index >= 15 is 0 Å². The number of hydrogen-bond acceptors (Lipinski definition) is 6. The van der Waals surface area contributed by atoms with Gasteiger partial charge in [0.25, 0.3) is 0 Å². The molecular formula is C19H24N2O3S. The molecular weight excluding hydrogens is 336 g/mol. The van der Waals surface area contributed by atoms with E-state index in [-0.39, 0.29) is 12.0 Å². The molecule has 0 aromatic carbocycles. The van der Waals surface area contributed by atoms with Crippen molar-refractivity contribution in [1.29, 1.82) is 0 Å². The molecule has 0 saturated heterocycles. The van der Waals surface area contributed by atoms with Gasteiger partial charge in [0.1, 0.15) is 0 Å². The predicted molar refractivity (Wildman–Crippen MR) is 97.9 cm³/mol. The van der Waals surface area contributed by atoms with Gasteiger partial charge >= 0.3 is 5.97 Å². The molecule has 1 aromatic heterocycles. The minimum atomic E-state index is -0.403. The molecule has 1 heterocycles. The summed E-state index contributed by atoms with van der Waals surface area (Å²) in [7, 11) is 1.35. The maximum atomic E-state index is 11.3. The Balaban J connectivity index is 1.69. The molecule has 0 fully saturated rings. The first-order valence-corrected chi connectivity index (χ1v) is 9.56. The van der Waals surface area contributed by atoms with Crippen molar-refractivity contribution < 1.29 is 14.3 Å². The van der Waals surface area contributed by atoms with E-state index in [9.17, 15) is 4.79 Å². The number of nitrogens with zero attached hydrogens (tertiary/aromatic N) is 2. The normalized spacial score (nSPS) is 17.8. The first kappa shape index (κ1) is 18.0. The molecule has 25 heavy (non-hydrogen) atoms. The fourth-order valence-corrected chi connectivity index (χ4v) is 3.70. The number of aromatic nitrogens is 2. The molecule has 0 radical (unpaired) electrons. The number of fused-ring (bicyclic) bond motifs is 1. The summed E-state index contributed by atoms with van der Waals surface area (Å²) in [5.74, 6) is 0.964. The van der Waals surface area contributed by atoms with Gasteiger partial charge in [-0.05, 0) is 36.7 Å². The third-order valence-electron chi connectivity index (χ3n) is 4.44. The number of esters is 1. The molecule has 0 N–H and O–H groups in total. The number of hydrogen-bond donors (Lipinski definition) is 0. The topological polar surface area (TPSA) is 61.3 Å². The molecule has 2 aliphatic carbocycles. The summed E-state index contributed by atoms with van der Waals surface area (Å²) in [5, 5.41) is 0.708. The van der Waals surface area contributed by atoms with Crippen molar-refractivity contribution in [3.8, 4) is 5.88 Å². The number of allylic oxidation sites excluding steroid dienone is 3. The molecule has 2 aliphatic rings. The van der Waals surface area contributed by atoms with Crippen LogP contribution in [0, 0.1) is 5.41 Å². The van der Waals surface area contributed by atoms with Crippen LogP contribution >= 0.6 is 11.8 Å². The lowest BCUT2D eigenvalue weighted by Gasteiger charge is -2.22. The molecule has 0 aliphatic heterocycles. The highest BCUT2D eigenvalue weighted by Gasteiger charge is 2.22. The number of thioether (sulfide) groups is 1. The van der Waals surface area contributed by atoms with Crippen LogP contribution < -0.4 is 4.74 Å². The Hall–Kier alpha value is -1.82. The zero-order valence-corrected chi connectivity index (χ0v) is 15.8. The smallest absolute Gasteiger partial charge is 0.343 e. The van der Waals surface area contributed by atoms with Gasteiger partial charge in [-0.25, -0.2) is 9.78 Å². The van der Waals surface area contributed by atoms with Crippen LogP contribution in [0.5, 0.6) is 5.88 Å². The second-order valence-electron chi connectivity index (χ2n) is 7.05. The summed E-state index contributed by atoms with van der Waals surface area (Å²) in [4.78, 5) is 20.6. The molecule has 0 atom stereocenters. The van der Waals surface area contributed by atoms with Crippen LogP contribution in [-0.2, 0) is 22.4 Å². The maximum absolute atomic E-state index is 11.3. The fourth-order valence-electron chi connectivity index (χ4n) is 2.86. The Morgan fingerprint density at radius 3 is 2.88 bits per heavy atom. The third-order valence-corrected chi connectivity index (χ3v) is 5.35. The molecule has 0 bridgehead atoms. The second kappa shape index (κ2) is 7.60. The van der Waals surface area contributed by atoms with Crippen molar-refractivity contribution in [3.63, 3.8) is 0 Å². The molecule has 1 aromatic rings. The summed E-state index contributed by atoms with van der Waals surface area (Å²) in [5.41, 5.74) is 3.62. The highest BCUT2D eigenvalue weighted by molar-refractivity contribution is 7.99. The fraction of sp³-hybridized carbons (Fsp3) is 0.526. The largest absolute Gasteiger partial charge is 0.466 e. The van der Waals surface area contributed by atoms with Crippen LogP contribution in [0.4, 0.5) is 0 Å². The lowest BCUT2D eigenvalue weighted by Crippen LogP contribution is -2.15. The lowest BCUT2D eigenvalue weighted by atomic mass is 9.84. The summed E-state index contributed by atoms with van der Waals surface area (Å²) in [6.07, 6.45) is 10.7. The average Bonchev–Trinajstić information content (AvgIpc) is 3.07. The van der Waals surface area contributed by atoms with E-state index in [1.54, 1.807) is 11.8 Å². The van der Waals surface area contributed by atoms with E-state index in [4.69, 9.17) is 4.74 Å².